The summed E-state index contributed by atoms with van der Waals surface area (Å²) in [6.45, 7) is 7.67. The first kappa shape index (κ1) is 16.6. The minimum absolute atomic E-state index is 0.271. The molecule has 5 nitrogen and oxygen atoms in total. The molecule has 0 spiro atoms. The number of benzene rings is 1. The maximum absolute atomic E-state index is 12.2. The Bertz CT molecular complexity index is 593. The standard InChI is InChI=1S/C16H21N3O2/c1-11-12(7-6-8-13(11)21-5)15(20)19-18-14(9-10-17)16(2,3)4/h6-9,18H,1-5H3,(H,19,20)/b14-9+. The molecule has 2 N–H and O–H groups in total. The number of nitrogens with zero attached hydrogens (tertiary/aromatic N) is 1. The van der Waals surface area contributed by atoms with Crippen LogP contribution in [0.1, 0.15) is 36.7 Å². The van der Waals surface area contributed by atoms with Crippen molar-refractivity contribution >= 4 is 5.91 Å². The van der Waals surface area contributed by atoms with Crippen molar-refractivity contribution in [3.05, 3.63) is 41.1 Å². The fourth-order valence-corrected chi connectivity index (χ4v) is 1.78. The summed E-state index contributed by atoms with van der Waals surface area (Å²) in [6, 6.07) is 7.26. The normalized spacial score (nSPS) is 11.5. The third kappa shape index (κ3) is 4.25. The van der Waals surface area contributed by atoms with Crippen LogP contribution in [0.4, 0.5) is 0 Å². The van der Waals surface area contributed by atoms with Crippen LogP contribution in [0.25, 0.3) is 0 Å². The molecular formula is C16H21N3O2. The Morgan fingerprint density at radius 1 is 1.33 bits per heavy atom. The van der Waals surface area contributed by atoms with Gasteiger partial charge in [0, 0.05) is 28.3 Å². The number of amides is 1. The SMILES string of the molecule is COc1cccc(C(=O)NN/C(=C/C#N)C(C)(C)C)c1C. The van der Waals surface area contributed by atoms with E-state index in [2.05, 4.69) is 10.9 Å². The summed E-state index contributed by atoms with van der Waals surface area (Å²) >= 11 is 0. The maximum atomic E-state index is 12.2. The molecule has 0 atom stereocenters. The van der Waals surface area contributed by atoms with Crippen molar-refractivity contribution in [3.8, 4) is 11.8 Å². The second-order valence-corrected chi connectivity index (χ2v) is 5.65. The number of hydrogen-bond acceptors (Lipinski definition) is 4. The van der Waals surface area contributed by atoms with E-state index in [1.54, 1.807) is 25.3 Å². The van der Waals surface area contributed by atoms with Gasteiger partial charge in [-0.25, -0.2) is 0 Å². The highest BCUT2D eigenvalue weighted by Gasteiger charge is 2.18. The molecule has 0 heterocycles. The van der Waals surface area contributed by atoms with E-state index < -0.39 is 0 Å². The average Bonchev–Trinajstić information content (AvgIpc) is 2.42. The van der Waals surface area contributed by atoms with Crippen LogP contribution < -0.4 is 15.6 Å². The Labute approximate surface area is 125 Å². The topological polar surface area (TPSA) is 74.2 Å². The van der Waals surface area contributed by atoms with Gasteiger partial charge in [0.2, 0.25) is 0 Å². The van der Waals surface area contributed by atoms with Gasteiger partial charge in [-0.2, -0.15) is 5.26 Å². The van der Waals surface area contributed by atoms with Crippen LogP contribution in [0.3, 0.4) is 0 Å². The lowest BCUT2D eigenvalue weighted by molar-refractivity contribution is 0.0934. The van der Waals surface area contributed by atoms with E-state index >= 15 is 0 Å². The highest BCUT2D eigenvalue weighted by Crippen LogP contribution is 2.23. The first-order valence-electron chi connectivity index (χ1n) is 6.61. The highest BCUT2D eigenvalue weighted by atomic mass is 16.5. The van der Waals surface area contributed by atoms with Crippen LogP contribution in [0, 0.1) is 23.7 Å². The summed E-state index contributed by atoms with van der Waals surface area (Å²) in [5.41, 5.74) is 7.09. The van der Waals surface area contributed by atoms with Crippen molar-refractivity contribution in [2.75, 3.05) is 7.11 Å². The second-order valence-electron chi connectivity index (χ2n) is 5.65. The zero-order valence-corrected chi connectivity index (χ0v) is 13.1. The lowest BCUT2D eigenvalue weighted by Gasteiger charge is -2.24. The predicted octanol–water partition coefficient (Wildman–Crippen LogP) is 2.69. The minimum Gasteiger partial charge on any atom is -0.496 e. The van der Waals surface area contributed by atoms with Crippen LogP contribution in [-0.4, -0.2) is 13.0 Å². The Hall–Kier alpha value is -2.48. The molecule has 0 aliphatic heterocycles. The fourth-order valence-electron chi connectivity index (χ4n) is 1.78. The number of hydrogen-bond donors (Lipinski definition) is 2. The number of nitrogens with one attached hydrogen (secondary N) is 2. The van der Waals surface area contributed by atoms with E-state index in [1.807, 2.05) is 33.8 Å². The fraction of sp³-hybridized carbons (Fsp3) is 0.375. The largest absolute Gasteiger partial charge is 0.496 e. The molecule has 5 heteroatoms. The van der Waals surface area contributed by atoms with Crippen molar-refractivity contribution in [3.63, 3.8) is 0 Å². The lowest BCUT2D eigenvalue weighted by Crippen LogP contribution is -2.40. The zero-order valence-electron chi connectivity index (χ0n) is 13.1. The molecular weight excluding hydrogens is 266 g/mol. The van der Waals surface area contributed by atoms with Gasteiger partial charge in [0.05, 0.1) is 13.2 Å². The molecule has 1 amide bonds. The van der Waals surface area contributed by atoms with Crippen molar-refractivity contribution in [1.82, 2.24) is 10.9 Å². The molecule has 0 bridgehead atoms. The van der Waals surface area contributed by atoms with Crippen molar-refractivity contribution in [2.45, 2.75) is 27.7 Å². The Morgan fingerprint density at radius 3 is 2.52 bits per heavy atom. The predicted molar refractivity (Wildman–Crippen MR) is 81.5 cm³/mol. The molecule has 0 saturated heterocycles. The molecule has 0 saturated carbocycles. The molecule has 0 aliphatic rings. The third-order valence-electron chi connectivity index (χ3n) is 3.08. The minimum atomic E-state index is -0.278. The Kier molecular flexibility index (Phi) is 5.37. The maximum Gasteiger partial charge on any atom is 0.270 e. The van der Waals surface area contributed by atoms with E-state index in [4.69, 9.17) is 10.00 Å². The number of hydrazine groups is 1. The van der Waals surface area contributed by atoms with Crippen molar-refractivity contribution < 1.29 is 9.53 Å². The zero-order chi connectivity index (χ0) is 16.0. The molecule has 1 rings (SSSR count). The number of nitriles is 1. The van der Waals surface area contributed by atoms with Gasteiger partial charge in [-0.15, -0.1) is 0 Å². The summed E-state index contributed by atoms with van der Waals surface area (Å²) in [5.74, 6) is 0.380. The summed E-state index contributed by atoms with van der Waals surface area (Å²) < 4.78 is 5.20. The number of carbonyl (C=O) groups is 1. The van der Waals surface area contributed by atoms with E-state index in [0.717, 1.165) is 5.56 Å². The Morgan fingerprint density at radius 2 is 2.00 bits per heavy atom. The van der Waals surface area contributed by atoms with Gasteiger partial charge in [-0.1, -0.05) is 26.8 Å². The van der Waals surface area contributed by atoms with Gasteiger partial charge in [-0.3, -0.25) is 10.2 Å². The van der Waals surface area contributed by atoms with Crippen LogP contribution >= 0.6 is 0 Å². The molecule has 21 heavy (non-hydrogen) atoms. The summed E-state index contributed by atoms with van der Waals surface area (Å²) in [7, 11) is 1.57. The summed E-state index contributed by atoms with van der Waals surface area (Å²) in [6.07, 6.45) is 1.39. The molecule has 1 aromatic carbocycles. The van der Waals surface area contributed by atoms with Gasteiger partial charge in [-0.05, 0) is 19.1 Å². The molecule has 112 valence electrons. The van der Waals surface area contributed by atoms with E-state index in [1.165, 1.54) is 6.08 Å². The van der Waals surface area contributed by atoms with E-state index in [9.17, 15) is 4.79 Å². The number of ether oxygens (including phenoxy) is 1. The van der Waals surface area contributed by atoms with Crippen molar-refractivity contribution in [1.29, 1.82) is 5.26 Å². The monoisotopic (exact) mass is 287 g/mol. The summed E-state index contributed by atoms with van der Waals surface area (Å²) in [5, 5.41) is 8.80. The van der Waals surface area contributed by atoms with Gasteiger partial charge in [0.15, 0.2) is 0 Å². The molecule has 0 aliphatic carbocycles. The summed E-state index contributed by atoms with van der Waals surface area (Å²) in [4.78, 5) is 12.2. The number of methoxy groups -OCH3 is 1. The molecule has 0 radical (unpaired) electrons. The number of carbonyl (C=O) groups excluding carboxylic acids is 1. The van der Waals surface area contributed by atoms with E-state index in [-0.39, 0.29) is 11.3 Å². The van der Waals surface area contributed by atoms with E-state index in [0.29, 0.717) is 17.0 Å². The average molecular weight is 287 g/mol. The quantitative estimate of drug-likeness (QED) is 0.659. The first-order chi connectivity index (χ1) is 9.81. The number of allylic oxidation sites excluding steroid dienone is 2. The second kappa shape index (κ2) is 6.80. The highest BCUT2D eigenvalue weighted by molar-refractivity contribution is 5.96. The van der Waals surface area contributed by atoms with Gasteiger partial charge >= 0.3 is 0 Å². The first-order valence-corrected chi connectivity index (χ1v) is 6.61. The van der Waals surface area contributed by atoms with Gasteiger partial charge < -0.3 is 10.2 Å². The van der Waals surface area contributed by atoms with Crippen molar-refractivity contribution in [2.24, 2.45) is 5.41 Å². The number of rotatable bonds is 4. The molecule has 0 fully saturated rings. The molecule has 0 unspecified atom stereocenters. The van der Waals surface area contributed by atoms with Crippen LogP contribution in [0.5, 0.6) is 5.75 Å². The molecule has 1 aromatic rings. The smallest absolute Gasteiger partial charge is 0.270 e. The van der Waals surface area contributed by atoms with Crippen LogP contribution in [0.15, 0.2) is 30.0 Å². The van der Waals surface area contributed by atoms with Crippen LogP contribution in [-0.2, 0) is 0 Å². The Balaban J connectivity index is 2.88. The van der Waals surface area contributed by atoms with Crippen LogP contribution in [0.2, 0.25) is 0 Å². The van der Waals surface area contributed by atoms with Gasteiger partial charge in [0.1, 0.15) is 5.75 Å². The lowest BCUT2D eigenvalue weighted by atomic mass is 9.92. The van der Waals surface area contributed by atoms with Gasteiger partial charge in [0.25, 0.3) is 5.91 Å². The third-order valence-corrected chi connectivity index (χ3v) is 3.08. The molecule has 0 aromatic heterocycles.